The number of aromatic nitrogens is 1. The molecule has 6 nitrogen and oxygen atoms in total. The van der Waals surface area contributed by atoms with E-state index in [1.807, 2.05) is 47.2 Å². The van der Waals surface area contributed by atoms with E-state index >= 15 is 0 Å². The Morgan fingerprint density at radius 2 is 1.72 bits per heavy atom. The zero-order chi connectivity index (χ0) is 25.7. The molecule has 36 heavy (non-hydrogen) atoms. The number of aromatic carboxylic acids is 1. The van der Waals surface area contributed by atoms with E-state index in [4.69, 9.17) is 5.11 Å². The summed E-state index contributed by atoms with van der Waals surface area (Å²) in [5, 5.41) is 19.0. The summed E-state index contributed by atoms with van der Waals surface area (Å²) in [5.41, 5.74) is 4.87. The zero-order valence-corrected chi connectivity index (χ0v) is 20.0. The fraction of sp³-hybridized carbons (Fsp3) is 0.167. The molecular formula is C30H27NO5. The van der Waals surface area contributed by atoms with Gasteiger partial charge >= 0.3 is 11.9 Å². The molecule has 0 saturated heterocycles. The number of pyridine rings is 1. The highest BCUT2D eigenvalue weighted by Gasteiger charge is 2.12. The van der Waals surface area contributed by atoms with Crippen molar-refractivity contribution in [3.05, 3.63) is 111 Å². The Morgan fingerprint density at radius 3 is 2.42 bits per heavy atom. The number of unbranched alkanes of at least 4 members (excludes halogenated alkanes) is 1. The van der Waals surface area contributed by atoms with Crippen molar-refractivity contribution in [3.8, 4) is 11.1 Å². The molecule has 0 bridgehead atoms. The van der Waals surface area contributed by atoms with Gasteiger partial charge in [0.15, 0.2) is 5.43 Å². The fourth-order valence-electron chi connectivity index (χ4n) is 4.33. The van der Waals surface area contributed by atoms with Gasteiger partial charge in [-0.15, -0.1) is 0 Å². The van der Waals surface area contributed by atoms with Crippen LogP contribution in [0.15, 0.2) is 83.8 Å². The van der Waals surface area contributed by atoms with E-state index in [0.717, 1.165) is 41.1 Å². The number of benzene rings is 3. The second-order valence-corrected chi connectivity index (χ2v) is 8.71. The maximum Gasteiger partial charge on any atom is 0.336 e. The van der Waals surface area contributed by atoms with Crippen molar-refractivity contribution in [2.24, 2.45) is 0 Å². The molecule has 0 unspecified atom stereocenters. The van der Waals surface area contributed by atoms with Gasteiger partial charge in [0, 0.05) is 29.8 Å². The van der Waals surface area contributed by atoms with E-state index in [-0.39, 0.29) is 11.0 Å². The topological polar surface area (TPSA) is 96.6 Å². The van der Waals surface area contributed by atoms with Gasteiger partial charge in [-0.1, -0.05) is 61.9 Å². The molecule has 3 aromatic carbocycles. The lowest BCUT2D eigenvalue weighted by molar-refractivity contribution is -0.131. The van der Waals surface area contributed by atoms with E-state index < -0.39 is 11.9 Å². The summed E-state index contributed by atoms with van der Waals surface area (Å²) >= 11 is 0. The van der Waals surface area contributed by atoms with Crippen LogP contribution in [0.4, 0.5) is 0 Å². The maximum absolute atomic E-state index is 13.2. The van der Waals surface area contributed by atoms with Crippen LogP contribution in [0.25, 0.3) is 28.1 Å². The van der Waals surface area contributed by atoms with Crippen LogP contribution in [-0.2, 0) is 17.8 Å². The quantitative estimate of drug-likeness (QED) is 0.292. The van der Waals surface area contributed by atoms with Gasteiger partial charge in [-0.2, -0.15) is 0 Å². The predicted molar refractivity (Wildman–Crippen MR) is 141 cm³/mol. The number of carbonyl (C=O) groups is 2. The maximum atomic E-state index is 13.2. The van der Waals surface area contributed by atoms with Gasteiger partial charge in [-0.3, -0.25) is 4.79 Å². The number of nitrogens with zero attached hydrogens (tertiary/aromatic N) is 1. The first-order valence-corrected chi connectivity index (χ1v) is 11.9. The minimum absolute atomic E-state index is 0.0269. The Labute approximate surface area is 208 Å². The molecule has 0 spiro atoms. The summed E-state index contributed by atoms with van der Waals surface area (Å²) in [6.07, 6.45) is 7.00. The van der Waals surface area contributed by atoms with Crippen molar-refractivity contribution in [1.29, 1.82) is 0 Å². The van der Waals surface area contributed by atoms with E-state index in [2.05, 4.69) is 6.92 Å². The van der Waals surface area contributed by atoms with Crippen molar-refractivity contribution < 1.29 is 19.8 Å². The molecule has 4 rings (SSSR count). The lowest BCUT2D eigenvalue weighted by atomic mass is 9.98. The summed E-state index contributed by atoms with van der Waals surface area (Å²) < 4.78 is 2.05. The van der Waals surface area contributed by atoms with Crippen LogP contribution in [-0.4, -0.2) is 26.7 Å². The Balaban J connectivity index is 1.73. The highest BCUT2D eigenvalue weighted by molar-refractivity contribution is 5.96. The van der Waals surface area contributed by atoms with E-state index in [1.165, 1.54) is 6.08 Å². The van der Waals surface area contributed by atoms with Crippen LogP contribution in [0.5, 0.6) is 0 Å². The summed E-state index contributed by atoms with van der Waals surface area (Å²) in [6.45, 7) is 2.61. The molecule has 0 aliphatic rings. The average molecular weight is 482 g/mol. The van der Waals surface area contributed by atoms with Gasteiger partial charge in [-0.05, 0) is 59.4 Å². The number of carboxylic acids is 2. The number of rotatable bonds is 9. The Hall–Kier alpha value is -4.45. The summed E-state index contributed by atoms with van der Waals surface area (Å²) in [6, 6.07) is 20.1. The second-order valence-electron chi connectivity index (χ2n) is 8.71. The largest absolute Gasteiger partial charge is 0.478 e. The van der Waals surface area contributed by atoms with Crippen molar-refractivity contribution in [3.63, 3.8) is 0 Å². The van der Waals surface area contributed by atoms with Crippen molar-refractivity contribution in [2.75, 3.05) is 0 Å². The van der Waals surface area contributed by atoms with Crippen molar-refractivity contribution in [2.45, 2.75) is 32.7 Å². The number of fused-ring (bicyclic) bond motifs is 1. The molecule has 0 radical (unpaired) electrons. The first-order chi connectivity index (χ1) is 17.4. The van der Waals surface area contributed by atoms with Gasteiger partial charge in [0.1, 0.15) is 0 Å². The third-order valence-corrected chi connectivity index (χ3v) is 6.17. The molecule has 0 atom stereocenters. The minimum atomic E-state index is -1.04. The van der Waals surface area contributed by atoms with Gasteiger partial charge in [-0.25, -0.2) is 9.59 Å². The first kappa shape index (κ1) is 24.7. The second kappa shape index (κ2) is 10.9. The van der Waals surface area contributed by atoms with Crippen LogP contribution < -0.4 is 5.43 Å². The van der Waals surface area contributed by atoms with E-state index in [9.17, 15) is 19.5 Å². The van der Waals surface area contributed by atoms with Crippen LogP contribution in [0.1, 0.15) is 46.8 Å². The molecule has 182 valence electrons. The highest BCUT2D eigenvalue weighted by Crippen LogP contribution is 2.25. The first-order valence-electron chi connectivity index (χ1n) is 11.9. The SMILES string of the molecule is CCCCc1cn(Cc2ccc(-c3ccccc3C(=O)O)cc2)c2ccc(/C=C/C(=O)O)cc2c1=O. The molecule has 1 aromatic heterocycles. The lowest BCUT2D eigenvalue weighted by Crippen LogP contribution is -2.15. The molecule has 0 aliphatic heterocycles. The number of aliphatic carboxylic acids is 1. The smallest absolute Gasteiger partial charge is 0.336 e. The Bertz CT molecular complexity index is 1510. The average Bonchev–Trinajstić information content (AvgIpc) is 2.88. The van der Waals surface area contributed by atoms with Crippen LogP contribution in [0, 0.1) is 0 Å². The summed E-state index contributed by atoms with van der Waals surface area (Å²) in [7, 11) is 0. The highest BCUT2D eigenvalue weighted by atomic mass is 16.4. The van der Waals surface area contributed by atoms with Crippen molar-refractivity contribution in [1.82, 2.24) is 4.57 Å². The van der Waals surface area contributed by atoms with Crippen molar-refractivity contribution >= 4 is 28.9 Å². The molecule has 0 fully saturated rings. The number of aryl methyl sites for hydroxylation is 1. The molecule has 2 N–H and O–H groups in total. The van der Waals surface area contributed by atoms with Crippen LogP contribution >= 0.6 is 0 Å². The third-order valence-electron chi connectivity index (χ3n) is 6.17. The molecular weight excluding hydrogens is 454 g/mol. The molecule has 6 heteroatoms. The lowest BCUT2D eigenvalue weighted by Gasteiger charge is -2.15. The van der Waals surface area contributed by atoms with E-state index in [0.29, 0.717) is 29.5 Å². The van der Waals surface area contributed by atoms with E-state index in [1.54, 1.807) is 30.3 Å². The van der Waals surface area contributed by atoms with Gasteiger partial charge in [0.2, 0.25) is 0 Å². The van der Waals surface area contributed by atoms with Gasteiger partial charge in [0.25, 0.3) is 0 Å². The minimum Gasteiger partial charge on any atom is -0.478 e. The molecule has 1 heterocycles. The number of hydrogen-bond acceptors (Lipinski definition) is 3. The normalized spacial score (nSPS) is 11.2. The third kappa shape index (κ3) is 5.44. The molecule has 0 aliphatic carbocycles. The standard InChI is InChI=1S/C30H27NO5/c1-2-3-6-23-19-31(27-15-11-20(12-16-28(32)33)17-26(27)29(23)34)18-21-9-13-22(14-10-21)24-7-4-5-8-25(24)30(35)36/h4-5,7-17,19H,2-3,6,18H2,1H3,(H,32,33)(H,35,36)/b16-12+. The zero-order valence-electron chi connectivity index (χ0n) is 20.0. The number of carboxylic acid groups (broad SMARTS) is 2. The summed E-state index contributed by atoms with van der Waals surface area (Å²) in [4.78, 5) is 35.7. The predicted octanol–water partition coefficient (Wildman–Crippen LogP) is 5.86. The molecule has 4 aromatic rings. The number of hydrogen-bond donors (Lipinski definition) is 2. The summed E-state index contributed by atoms with van der Waals surface area (Å²) in [5.74, 6) is -2.01. The van der Waals surface area contributed by atoms with Crippen LogP contribution in [0.2, 0.25) is 0 Å². The van der Waals surface area contributed by atoms with Gasteiger partial charge in [0.05, 0.1) is 11.1 Å². The Kier molecular flexibility index (Phi) is 7.44. The monoisotopic (exact) mass is 481 g/mol. The molecule has 0 amide bonds. The Morgan fingerprint density at radius 1 is 0.972 bits per heavy atom. The molecule has 0 saturated carbocycles. The van der Waals surface area contributed by atoms with Gasteiger partial charge < -0.3 is 14.8 Å². The van der Waals surface area contributed by atoms with Crippen LogP contribution in [0.3, 0.4) is 0 Å². The fourth-order valence-corrected chi connectivity index (χ4v) is 4.33.